The number of anilines is 1. The fraction of sp³-hybridized carbons (Fsp3) is 0.286. The number of nitrogens with one attached hydrogen (secondary N) is 1. The van der Waals surface area contributed by atoms with Gasteiger partial charge < -0.3 is 11.1 Å². The zero-order valence-corrected chi connectivity index (χ0v) is 12.1. The molecule has 0 saturated carbocycles. The zero-order valence-electron chi connectivity index (χ0n) is 11.2. The minimum absolute atomic E-state index is 0.000919. The number of aromatic nitrogens is 1. The fourth-order valence-corrected chi connectivity index (χ4v) is 4.24. The molecule has 3 N–H and O–H groups in total. The topological polar surface area (TPSA) is 102 Å². The molecule has 6 nitrogen and oxygen atoms in total. The third-order valence-electron chi connectivity index (χ3n) is 3.64. The minimum Gasteiger partial charge on any atom is -0.383 e. The highest BCUT2D eigenvalue weighted by Gasteiger charge is 2.29. The first-order chi connectivity index (χ1) is 9.96. The number of hydrogen-bond donors (Lipinski definition) is 2. The molecule has 1 aliphatic heterocycles. The molecule has 1 unspecified atom stereocenters. The number of nitrogens with zero attached hydrogens (tertiary/aromatic N) is 1. The van der Waals surface area contributed by atoms with Crippen LogP contribution in [0.5, 0.6) is 0 Å². The van der Waals surface area contributed by atoms with Crippen LogP contribution < -0.4 is 11.1 Å². The van der Waals surface area contributed by atoms with Crippen LogP contribution in [-0.2, 0) is 9.84 Å². The lowest BCUT2D eigenvalue weighted by atomic mass is 10.1. The van der Waals surface area contributed by atoms with Gasteiger partial charge >= 0.3 is 0 Å². The van der Waals surface area contributed by atoms with Gasteiger partial charge in [0.15, 0.2) is 9.84 Å². The van der Waals surface area contributed by atoms with E-state index in [0.29, 0.717) is 28.6 Å². The first-order valence-corrected chi connectivity index (χ1v) is 8.43. The highest BCUT2D eigenvalue weighted by Crippen LogP contribution is 2.22. The Morgan fingerprint density at radius 3 is 2.67 bits per heavy atom. The molecule has 1 atom stereocenters. The van der Waals surface area contributed by atoms with E-state index in [2.05, 4.69) is 10.3 Å². The van der Waals surface area contributed by atoms with E-state index in [4.69, 9.17) is 5.73 Å². The summed E-state index contributed by atoms with van der Waals surface area (Å²) in [6, 6.07) is 6.91. The van der Waals surface area contributed by atoms with Crippen LogP contribution in [0.3, 0.4) is 0 Å². The Kier molecular flexibility index (Phi) is 3.29. The van der Waals surface area contributed by atoms with E-state index in [1.165, 1.54) is 6.20 Å². The van der Waals surface area contributed by atoms with Gasteiger partial charge in [0.2, 0.25) is 0 Å². The molecule has 7 heteroatoms. The maximum Gasteiger partial charge on any atom is 0.253 e. The molecule has 0 bridgehead atoms. The van der Waals surface area contributed by atoms with Gasteiger partial charge in [0, 0.05) is 17.6 Å². The van der Waals surface area contributed by atoms with Crippen LogP contribution in [0, 0.1) is 0 Å². The molecule has 0 spiro atoms. The van der Waals surface area contributed by atoms with Crippen molar-refractivity contribution >= 4 is 32.3 Å². The van der Waals surface area contributed by atoms with Crippen LogP contribution >= 0.6 is 0 Å². The Bertz CT molecular complexity index is 817. The van der Waals surface area contributed by atoms with Crippen molar-refractivity contribution in [2.24, 2.45) is 0 Å². The van der Waals surface area contributed by atoms with E-state index in [-0.39, 0.29) is 23.5 Å². The van der Waals surface area contributed by atoms with E-state index >= 15 is 0 Å². The van der Waals surface area contributed by atoms with Gasteiger partial charge in [-0.3, -0.25) is 4.79 Å². The molecule has 110 valence electrons. The summed E-state index contributed by atoms with van der Waals surface area (Å²) in [6.45, 7) is 0. The highest BCUT2D eigenvalue weighted by molar-refractivity contribution is 7.91. The fourth-order valence-electron chi connectivity index (χ4n) is 2.57. The Morgan fingerprint density at radius 2 is 2.00 bits per heavy atom. The molecule has 1 aliphatic rings. The number of amides is 1. The summed E-state index contributed by atoms with van der Waals surface area (Å²) in [5, 5.41) is 4.19. The van der Waals surface area contributed by atoms with Crippen LogP contribution in [0.25, 0.3) is 10.8 Å². The average Bonchev–Trinajstić information content (AvgIpc) is 2.78. The van der Waals surface area contributed by atoms with Crippen LogP contribution in [0.2, 0.25) is 0 Å². The van der Waals surface area contributed by atoms with E-state index < -0.39 is 9.84 Å². The van der Waals surface area contributed by atoms with Crippen molar-refractivity contribution in [3.8, 4) is 0 Å². The third kappa shape index (κ3) is 2.69. The van der Waals surface area contributed by atoms with Gasteiger partial charge in [-0.25, -0.2) is 13.4 Å². The molecule has 2 aromatic rings. The quantitative estimate of drug-likeness (QED) is 0.851. The summed E-state index contributed by atoms with van der Waals surface area (Å²) in [5.41, 5.74) is 6.21. The molecule has 1 fully saturated rings. The van der Waals surface area contributed by atoms with Crippen molar-refractivity contribution in [3.63, 3.8) is 0 Å². The molecule has 2 heterocycles. The van der Waals surface area contributed by atoms with Crippen molar-refractivity contribution in [2.45, 2.75) is 12.5 Å². The second-order valence-corrected chi connectivity index (χ2v) is 7.40. The summed E-state index contributed by atoms with van der Waals surface area (Å²) in [4.78, 5) is 16.4. The van der Waals surface area contributed by atoms with E-state index in [1.807, 2.05) is 12.1 Å². The van der Waals surface area contributed by atoms with Gasteiger partial charge in [-0.15, -0.1) is 0 Å². The number of hydrogen-bond acceptors (Lipinski definition) is 5. The number of nitrogen functional groups attached to an aromatic ring is 1. The molecule has 0 radical (unpaired) electrons. The van der Waals surface area contributed by atoms with Crippen molar-refractivity contribution in [1.82, 2.24) is 10.3 Å². The lowest BCUT2D eigenvalue weighted by Gasteiger charge is -2.12. The van der Waals surface area contributed by atoms with Gasteiger partial charge in [-0.05, 0) is 11.8 Å². The molecule has 3 rings (SSSR count). The zero-order chi connectivity index (χ0) is 15.0. The number of carbonyl (C=O) groups excluding carboxylic acids is 1. The Balaban J connectivity index is 1.91. The Morgan fingerprint density at radius 1 is 1.29 bits per heavy atom. The van der Waals surface area contributed by atoms with Gasteiger partial charge in [-0.1, -0.05) is 24.3 Å². The molecule has 1 saturated heterocycles. The van der Waals surface area contributed by atoms with E-state index in [0.717, 1.165) is 0 Å². The van der Waals surface area contributed by atoms with Crippen LogP contribution in [0.15, 0.2) is 30.5 Å². The van der Waals surface area contributed by atoms with Crippen molar-refractivity contribution in [3.05, 3.63) is 36.0 Å². The number of benzene rings is 1. The number of carbonyl (C=O) groups is 1. The number of pyridine rings is 1. The lowest BCUT2D eigenvalue weighted by molar-refractivity contribution is 0.0942. The smallest absolute Gasteiger partial charge is 0.253 e. The van der Waals surface area contributed by atoms with Crippen molar-refractivity contribution < 1.29 is 13.2 Å². The number of nitrogens with two attached hydrogens (primary N) is 1. The molecule has 0 aliphatic carbocycles. The molecule has 1 aromatic carbocycles. The highest BCUT2D eigenvalue weighted by atomic mass is 32.2. The number of sulfone groups is 1. The maximum atomic E-state index is 12.4. The molecule has 1 amide bonds. The Hall–Kier alpha value is -2.15. The summed E-state index contributed by atoms with van der Waals surface area (Å²) < 4.78 is 22.9. The van der Waals surface area contributed by atoms with Crippen LogP contribution in [-0.4, -0.2) is 36.9 Å². The largest absolute Gasteiger partial charge is 0.383 e. The predicted octanol–water partition coefficient (Wildman–Crippen LogP) is 0.734. The van der Waals surface area contributed by atoms with Gasteiger partial charge in [-0.2, -0.15) is 0 Å². The molecular formula is C14H15N3O3S. The SMILES string of the molecule is Nc1ncc(C(=O)NC2CCS(=O)(=O)C2)c2ccccc12. The second-order valence-electron chi connectivity index (χ2n) is 5.18. The van der Waals surface area contributed by atoms with Crippen LogP contribution in [0.4, 0.5) is 5.82 Å². The minimum atomic E-state index is -3.02. The summed E-state index contributed by atoms with van der Waals surface area (Å²) in [6.07, 6.45) is 1.88. The summed E-state index contributed by atoms with van der Waals surface area (Å²) in [5.74, 6) is 0.170. The molecule has 1 aromatic heterocycles. The van der Waals surface area contributed by atoms with Crippen molar-refractivity contribution in [2.75, 3.05) is 17.2 Å². The summed E-state index contributed by atoms with van der Waals surface area (Å²) >= 11 is 0. The van der Waals surface area contributed by atoms with Gasteiger partial charge in [0.25, 0.3) is 5.91 Å². The standard InChI is InChI=1S/C14H15N3O3S/c15-13-11-4-2-1-3-10(11)12(7-16-13)14(18)17-9-5-6-21(19,20)8-9/h1-4,7,9H,5-6,8H2,(H2,15,16)(H,17,18). The second kappa shape index (κ2) is 5.00. The first kappa shape index (κ1) is 13.8. The number of rotatable bonds is 2. The summed E-state index contributed by atoms with van der Waals surface area (Å²) in [7, 11) is -3.02. The van der Waals surface area contributed by atoms with E-state index in [9.17, 15) is 13.2 Å². The normalized spacial score (nSPS) is 20.5. The molecular weight excluding hydrogens is 290 g/mol. The predicted molar refractivity (Wildman–Crippen MR) is 80.7 cm³/mol. The maximum absolute atomic E-state index is 12.4. The lowest BCUT2D eigenvalue weighted by Crippen LogP contribution is -2.35. The first-order valence-electron chi connectivity index (χ1n) is 6.61. The Labute approximate surface area is 122 Å². The van der Waals surface area contributed by atoms with Crippen molar-refractivity contribution in [1.29, 1.82) is 0 Å². The van der Waals surface area contributed by atoms with Gasteiger partial charge in [0.05, 0.1) is 17.1 Å². The monoisotopic (exact) mass is 305 g/mol. The van der Waals surface area contributed by atoms with Gasteiger partial charge in [0.1, 0.15) is 5.82 Å². The average molecular weight is 305 g/mol. The number of fused-ring (bicyclic) bond motifs is 1. The third-order valence-corrected chi connectivity index (χ3v) is 5.41. The molecule has 21 heavy (non-hydrogen) atoms. The van der Waals surface area contributed by atoms with Crippen LogP contribution in [0.1, 0.15) is 16.8 Å². The van der Waals surface area contributed by atoms with E-state index in [1.54, 1.807) is 12.1 Å².